The lowest BCUT2D eigenvalue weighted by atomic mass is 10.1. The Bertz CT molecular complexity index is 1460. The molecule has 1 aliphatic heterocycles. The van der Waals surface area contributed by atoms with E-state index in [9.17, 15) is 23.4 Å². The zero-order valence-electron chi connectivity index (χ0n) is 21.9. The predicted octanol–water partition coefficient (Wildman–Crippen LogP) is 2.54. The summed E-state index contributed by atoms with van der Waals surface area (Å²) in [5, 5.41) is 21.5. The van der Waals surface area contributed by atoms with Crippen molar-refractivity contribution >= 4 is 28.0 Å². The molecule has 4 atom stereocenters. The lowest BCUT2D eigenvalue weighted by Crippen LogP contribution is -2.43. The number of hydrogen-bond acceptors (Lipinski definition) is 10. The van der Waals surface area contributed by atoms with E-state index in [0.29, 0.717) is 47.5 Å². The molecule has 0 unspecified atom stereocenters. The molecule has 4 aromatic rings. The molecule has 0 spiro atoms. The van der Waals surface area contributed by atoms with Crippen LogP contribution in [0.4, 0.5) is 19.0 Å². The number of anilines is 1. The average molecular weight is 565 g/mol. The van der Waals surface area contributed by atoms with Gasteiger partial charge in [0.2, 0.25) is 0 Å². The van der Waals surface area contributed by atoms with Gasteiger partial charge in [-0.05, 0) is 45.4 Å². The summed E-state index contributed by atoms with van der Waals surface area (Å²) in [6, 6.07) is 4.16. The molecule has 5 N–H and O–H groups in total. The van der Waals surface area contributed by atoms with Gasteiger partial charge in [-0.1, -0.05) is 0 Å². The molecule has 1 aliphatic rings. The molecule has 15 heteroatoms. The van der Waals surface area contributed by atoms with E-state index in [1.165, 1.54) is 30.9 Å². The van der Waals surface area contributed by atoms with Crippen molar-refractivity contribution in [2.75, 3.05) is 18.8 Å². The number of aryl methyl sites for hydroxylation is 1. The normalized spacial score (nSPS) is 21.8. The second-order valence-electron chi connectivity index (χ2n) is 10.1. The van der Waals surface area contributed by atoms with Gasteiger partial charge in [-0.3, -0.25) is 9.47 Å². The number of aliphatic hydroxyl groups excluding tert-OH is 2. The Labute approximate surface area is 227 Å². The Morgan fingerprint density at radius 3 is 2.73 bits per heavy atom. The van der Waals surface area contributed by atoms with E-state index in [1.807, 2.05) is 13.8 Å². The van der Waals surface area contributed by atoms with Crippen LogP contribution in [-0.2, 0) is 11.2 Å². The molecule has 0 aliphatic carbocycles. The second kappa shape index (κ2) is 11.2. The number of aliphatic hydroxyl groups is 2. The topological polar surface area (TPSA) is 160 Å². The number of fused-ring (bicyclic) bond motifs is 2. The highest BCUT2D eigenvalue weighted by Crippen LogP contribution is 2.33. The standard InChI is InChI=1S/C25H31F3N8O4/c1-13(2)35(8-4-3-5-18-33-15-7-6-14(9-16(15)34-18)40-25(26,27)28)10-17-20(37)21(38)24(39-17)36-12-32-19-22(29)30-11-31-23(19)36/h6-7,9,11-13,17,20-21,24,37-38H,3-5,8,10H2,1-2H3,(H,33,34)(H2,29,30,31)/t17-,20-,21-,24-/m1/s1. The Hall–Kier alpha value is -3.53. The first-order valence-electron chi connectivity index (χ1n) is 12.9. The van der Waals surface area contributed by atoms with Crippen LogP contribution in [-0.4, -0.2) is 88.4 Å². The number of aromatic amines is 1. The molecule has 12 nitrogen and oxygen atoms in total. The smallest absolute Gasteiger partial charge is 0.406 e. The van der Waals surface area contributed by atoms with Crippen molar-refractivity contribution in [3.05, 3.63) is 36.7 Å². The number of nitrogens with one attached hydrogen (secondary N) is 1. The number of H-pyrrole nitrogens is 1. The number of ether oxygens (including phenoxy) is 2. The fourth-order valence-electron chi connectivity index (χ4n) is 4.92. The molecule has 0 amide bonds. The molecule has 3 aromatic heterocycles. The summed E-state index contributed by atoms with van der Waals surface area (Å²) in [5.74, 6) is 0.572. The Morgan fingerprint density at radius 1 is 1.18 bits per heavy atom. The maximum absolute atomic E-state index is 12.5. The SMILES string of the molecule is CC(C)N(CCCCc1nc2cc(OC(F)(F)F)ccc2[nH]1)C[C@H]1O[C@@H](n2cnc3c(N)ncnc32)[C@H](O)[C@@H]1O. The van der Waals surface area contributed by atoms with Crippen LogP contribution >= 0.6 is 0 Å². The van der Waals surface area contributed by atoms with Crippen LogP contribution < -0.4 is 10.5 Å². The summed E-state index contributed by atoms with van der Waals surface area (Å²) in [7, 11) is 0. The fraction of sp³-hybridized carbons (Fsp3) is 0.520. The van der Waals surface area contributed by atoms with Gasteiger partial charge in [-0.2, -0.15) is 0 Å². The summed E-state index contributed by atoms with van der Waals surface area (Å²) < 4.78 is 49.1. The molecule has 0 bridgehead atoms. The number of unbranched alkanes of at least 4 members (excludes halogenated alkanes) is 1. The van der Waals surface area contributed by atoms with Crippen LogP contribution in [0.1, 0.15) is 38.7 Å². The molecule has 1 saturated heterocycles. The number of alkyl halides is 3. The highest BCUT2D eigenvalue weighted by molar-refractivity contribution is 5.81. The first-order valence-corrected chi connectivity index (χ1v) is 12.9. The van der Waals surface area contributed by atoms with Gasteiger partial charge in [0, 0.05) is 25.1 Å². The first kappa shape index (κ1) is 28.0. The summed E-state index contributed by atoms with van der Waals surface area (Å²) in [6.07, 6.45) is -3.66. The number of rotatable bonds is 10. The molecule has 4 heterocycles. The zero-order chi connectivity index (χ0) is 28.6. The molecule has 0 radical (unpaired) electrons. The van der Waals surface area contributed by atoms with Crippen LogP contribution in [0, 0.1) is 0 Å². The van der Waals surface area contributed by atoms with E-state index in [0.717, 1.165) is 12.8 Å². The summed E-state index contributed by atoms with van der Waals surface area (Å²) >= 11 is 0. The predicted molar refractivity (Wildman–Crippen MR) is 138 cm³/mol. The highest BCUT2D eigenvalue weighted by atomic mass is 19.4. The summed E-state index contributed by atoms with van der Waals surface area (Å²) in [4.78, 5) is 22.0. The van der Waals surface area contributed by atoms with E-state index in [1.54, 1.807) is 4.57 Å². The lowest BCUT2D eigenvalue weighted by Gasteiger charge is -2.30. The minimum Gasteiger partial charge on any atom is -0.406 e. The third-order valence-corrected chi connectivity index (χ3v) is 6.99. The van der Waals surface area contributed by atoms with Gasteiger partial charge in [0.1, 0.15) is 41.7 Å². The Balaban J connectivity index is 1.16. The molecule has 0 saturated carbocycles. The number of aromatic nitrogens is 6. The third-order valence-electron chi connectivity index (χ3n) is 6.99. The van der Waals surface area contributed by atoms with Crippen molar-refractivity contribution in [1.29, 1.82) is 0 Å². The van der Waals surface area contributed by atoms with Crippen molar-refractivity contribution in [2.24, 2.45) is 0 Å². The van der Waals surface area contributed by atoms with Crippen molar-refractivity contribution in [3.8, 4) is 5.75 Å². The highest BCUT2D eigenvalue weighted by Gasteiger charge is 2.45. The van der Waals surface area contributed by atoms with Crippen molar-refractivity contribution in [3.63, 3.8) is 0 Å². The summed E-state index contributed by atoms with van der Waals surface area (Å²) in [5.41, 5.74) is 7.69. The minimum atomic E-state index is -4.76. The second-order valence-corrected chi connectivity index (χ2v) is 10.1. The quantitative estimate of drug-likeness (QED) is 0.211. The molecule has 216 valence electrons. The van der Waals surface area contributed by atoms with Crippen molar-refractivity contribution in [1.82, 2.24) is 34.4 Å². The van der Waals surface area contributed by atoms with E-state index in [4.69, 9.17) is 10.5 Å². The zero-order valence-corrected chi connectivity index (χ0v) is 21.9. The van der Waals surface area contributed by atoms with E-state index < -0.39 is 30.9 Å². The van der Waals surface area contributed by atoms with Crippen LogP contribution in [0.3, 0.4) is 0 Å². The number of nitrogen functional groups attached to an aromatic ring is 1. The maximum Gasteiger partial charge on any atom is 0.573 e. The average Bonchev–Trinajstić information content (AvgIpc) is 3.57. The largest absolute Gasteiger partial charge is 0.573 e. The number of nitrogens with zero attached hydrogens (tertiary/aromatic N) is 6. The Morgan fingerprint density at radius 2 is 1.98 bits per heavy atom. The van der Waals surface area contributed by atoms with Gasteiger partial charge in [-0.15, -0.1) is 13.2 Å². The fourth-order valence-corrected chi connectivity index (χ4v) is 4.92. The van der Waals surface area contributed by atoms with Gasteiger partial charge in [0.25, 0.3) is 0 Å². The molecule has 5 rings (SSSR count). The van der Waals surface area contributed by atoms with Crippen molar-refractivity contribution in [2.45, 2.75) is 70.1 Å². The number of halogens is 3. The van der Waals surface area contributed by atoms with Crippen LogP contribution in [0.25, 0.3) is 22.2 Å². The summed E-state index contributed by atoms with van der Waals surface area (Å²) in [6.45, 7) is 5.17. The maximum atomic E-state index is 12.5. The van der Waals surface area contributed by atoms with Gasteiger partial charge in [-0.25, -0.2) is 19.9 Å². The van der Waals surface area contributed by atoms with Crippen LogP contribution in [0.2, 0.25) is 0 Å². The number of benzene rings is 1. The molecule has 1 aromatic carbocycles. The lowest BCUT2D eigenvalue weighted by molar-refractivity contribution is -0.274. The van der Waals surface area contributed by atoms with Crippen LogP contribution in [0.5, 0.6) is 5.75 Å². The number of nitrogens with two attached hydrogens (primary N) is 1. The number of hydrogen-bond donors (Lipinski definition) is 4. The molecule has 40 heavy (non-hydrogen) atoms. The van der Waals surface area contributed by atoms with E-state index in [2.05, 4.69) is 34.6 Å². The van der Waals surface area contributed by atoms with Gasteiger partial charge >= 0.3 is 6.36 Å². The van der Waals surface area contributed by atoms with Gasteiger partial charge in [0.05, 0.1) is 17.4 Å². The Kier molecular flexibility index (Phi) is 7.81. The van der Waals surface area contributed by atoms with E-state index >= 15 is 0 Å². The van der Waals surface area contributed by atoms with Gasteiger partial charge in [0.15, 0.2) is 17.7 Å². The van der Waals surface area contributed by atoms with E-state index in [-0.39, 0.29) is 17.6 Å². The first-order chi connectivity index (χ1) is 19.0. The van der Waals surface area contributed by atoms with Crippen LogP contribution in [0.15, 0.2) is 30.9 Å². The van der Waals surface area contributed by atoms with Crippen molar-refractivity contribution < 1.29 is 32.9 Å². The third kappa shape index (κ3) is 5.96. The molecular formula is C25H31F3N8O4. The minimum absolute atomic E-state index is 0.145. The molecular weight excluding hydrogens is 533 g/mol. The monoisotopic (exact) mass is 564 g/mol. The van der Waals surface area contributed by atoms with Gasteiger partial charge < -0.3 is 30.4 Å². The molecule has 1 fully saturated rings. The number of imidazole rings is 2.